The highest BCUT2D eigenvalue weighted by atomic mass is 35.5. The van der Waals surface area contributed by atoms with Crippen molar-refractivity contribution in [3.8, 4) is 0 Å². The first kappa shape index (κ1) is 15.8. The number of thiocarbonyl (C=S) groups is 1. The second kappa shape index (κ2) is 6.45. The fourth-order valence-electron chi connectivity index (χ4n) is 1.99. The summed E-state index contributed by atoms with van der Waals surface area (Å²) < 4.78 is 1.76. The van der Waals surface area contributed by atoms with Gasteiger partial charge in [0.25, 0.3) is 0 Å². The van der Waals surface area contributed by atoms with Gasteiger partial charge in [-0.15, -0.1) is 0 Å². The third-order valence-corrected chi connectivity index (χ3v) is 4.11. The van der Waals surface area contributed by atoms with Crippen molar-refractivity contribution in [3.63, 3.8) is 0 Å². The maximum absolute atomic E-state index is 6.13. The van der Waals surface area contributed by atoms with Crippen LogP contribution in [0.2, 0.25) is 5.02 Å². The molecule has 0 aliphatic carbocycles. The fraction of sp³-hybridized carbons (Fsp3) is 0.333. The Labute approximate surface area is 135 Å². The molecule has 0 aliphatic rings. The van der Waals surface area contributed by atoms with Crippen molar-refractivity contribution < 1.29 is 0 Å². The predicted octanol–water partition coefficient (Wildman–Crippen LogP) is 3.52. The van der Waals surface area contributed by atoms with Gasteiger partial charge in [0.05, 0.1) is 23.5 Å². The Hall–Kier alpha value is -1.59. The minimum Gasteiger partial charge on any atom is -0.346 e. The molecule has 1 N–H and O–H groups in total. The second-order valence-electron chi connectivity index (χ2n) is 5.17. The van der Waals surface area contributed by atoms with Gasteiger partial charge in [0.15, 0.2) is 5.11 Å². The van der Waals surface area contributed by atoms with Crippen LogP contribution in [0.25, 0.3) is 0 Å². The van der Waals surface area contributed by atoms with E-state index in [1.807, 2.05) is 19.0 Å². The summed E-state index contributed by atoms with van der Waals surface area (Å²) >= 11 is 11.6. The molecule has 0 aliphatic heterocycles. The highest BCUT2D eigenvalue weighted by Crippen LogP contribution is 2.19. The Morgan fingerprint density at radius 2 is 2.14 bits per heavy atom. The molecule has 0 bridgehead atoms. The van der Waals surface area contributed by atoms with Crippen molar-refractivity contribution >= 4 is 34.6 Å². The zero-order valence-corrected chi connectivity index (χ0v) is 14.2. The molecule has 2 rings (SSSR count). The molecular formula is C15H19ClN4S. The molecule has 2 aromatic rings. The lowest BCUT2D eigenvalue weighted by atomic mass is 10.1. The first-order chi connectivity index (χ1) is 9.88. The molecule has 1 heterocycles. The Bertz CT molecular complexity index is 646. The molecule has 21 heavy (non-hydrogen) atoms. The summed E-state index contributed by atoms with van der Waals surface area (Å²) in [5.41, 5.74) is 4.32. The number of aryl methyl sites for hydroxylation is 3. The molecule has 0 saturated carbocycles. The molecule has 0 atom stereocenters. The smallest absolute Gasteiger partial charge is 0.173 e. The normalized spacial score (nSPS) is 10.5. The van der Waals surface area contributed by atoms with E-state index in [1.165, 1.54) is 5.56 Å². The van der Waals surface area contributed by atoms with Gasteiger partial charge in [-0.2, -0.15) is 5.10 Å². The molecule has 4 nitrogen and oxygen atoms in total. The predicted molar refractivity (Wildman–Crippen MR) is 91.8 cm³/mol. The van der Waals surface area contributed by atoms with E-state index < -0.39 is 0 Å². The van der Waals surface area contributed by atoms with Crippen LogP contribution in [0, 0.1) is 13.8 Å². The zero-order chi connectivity index (χ0) is 15.6. The summed E-state index contributed by atoms with van der Waals surface area (Å²) in [5, 5.41) is 8.72. The number of hydrogen-bond donors (Lipinski definition) is 1. The lowest BCUT2D eigenvalue weighted by Crippen LogP contribution is -2.31. The largest absolute Gasteiger partial charge is 0.346 e. The van der Waals surface area contributed by atoms with Crippen molar-refractivity contribution in [2.24, 2.45) is 7.05 Å². The van der Waals surface area contributed by atoms with Crippen LogP contribution in [0.15, 0.2) is 24.4 Å². The van der Waals surface area contributed by atoms with Crippen LogP contribution in [-0.2, 0) is 13.6 Å². The summed E-state index contributed by atoms with van der Waals surface area (Å²) in [5.74, 6) is 0. The molecular weight excluding hydrogens is 304 g/mol. The number of nitrogens with zero attached hydrogens (tertiary/aromatic N) is 3. The second-order valence-corrected chi connectivity index (χ2v) is 5.96. The quantitative estimate of drug-likeness (QED) is 0.877. The van der Waals surface area contributed by atoms with E-state index in [4.69, 9.17) is 23.8 Å². The van der Waals surface area contributed by atoms with Gasteiger partial charge in [-0.25, -0.2) is 0 Å². The minimum atomic E-state index is 0.603. The van der Waals surface area contributed by atoms with Crippen LogP contribution in [0.3, 0.4) is 0 Å². The van der Waals surface area contributed by atoms with Gasteiger partial charge in [0, 0.05) is 19.8 Å². The highest BCUT2D eigenvalue weighted by Gasteiger charge is 2.12. The molecule has 0 unspecified atom stereocenters. The maximum Gasteiger partial charge on any atom is 0.173 e. The van der Waals surface area contributed by atoms with Gasteiger partial charge in [-0.3, -0.25) is 4.68 Å². The van der Waals surface area contributed by atoms with Crippen molar-refractivity contribution in [2.45, 2.75) is 20.4 Å². The zero-order valence-electron chi connectivity index (χ0n) is 12.6. The number of nitrogens with one attached hydrogen (secondary N) is 1. The van der Waals surface area contributed by atoms with E-state index in [-0.39, 0.29) is 0 Å². The summed E-state index contributed by atoms with van der Waals surface area (Å²) in [7, 11) is 3.81. The van der Waals surface area contributed by atoms with Crippen LogP contribution in [0.4, 0.5) is 5.69 Å². The van der Waals surface area contributed by atoms with Crippen molar-refractivity contribution in [1.29, 1.82) is 0 Å². The van der Waals surface area contributed by atoms with E-state index in [9.17, 15) is 0 Å². The van der Waals surface area contributed by atoms with Crippen molar-refractivity contribution in [1.82, 2.24) is 14.7 Å². The van der Waals surface area contributed by atoms with E-state index in [0.29, 0.717) is 16.7 Å². The Balaban J connectivity index is 2.08. The number of aromatic nitrogens is 2. The van der Waals surface area contributed by atoms with Gasteiger partial charge < -0.3 is 10.2 Å². The third kappa shape index (κ3) is 3.74. The maximum atomic E-state index is 6.13. The highest BCUT2D eigenvalue weighted by molar-refractivity contribution is 7.80. The molecule has 6 heteroatoms. The topological polar surface area (TPSA) is 33.1 Å². The number of halogens is 1. The fourth-order valence-corrected chi connectivity index (χ4v) is 2.39. The summed E-state index contributed by atoms with van der Waals surface area (Å²) in [6.45, 7) is 4.72. The number of hydrogen-bond acceptors (Lipinski definition) is 2. The van der Waals surface area contributed by atoms with E-state index in [0.717, 1.165) is 16.9 Å². The van der Waals surface area contributed by atoms with E-state index in [2.05, 4.69) is 42.5 Å². The summed E-state index contributed by atoms with van der Waals surface area (Å²) in [6, 6.07) is 6.26. The van der Waals surface area contributed by atoms with Gasteiger partial charge in [-0.05, 0) is 43.3 Å². The number of rotatable bonds is 3. The third-order valence-electron chi connectivity index (χ3n) is 3.38. The molecule has 0 saturated heterocycles. The molecule has 0 amide bonds. The van der Waals surface area contributed by atoms with Crippen LogP contribution < -0.4 is 5.32 Å². The SMILES string of the molecule is Cc1ccc(C)c(NC(=S)N(C)Cc2c(Cl)cnn2C)c1. The number of anilines is 1. The Morgan fingerprint density at radius 3 is 2.76 bits per heavy atom. The number of benzene rings is 1. The average molecular weight is 323 g/mol. The minimum absolute atomic E-state index is 0.603. The van der Waals surface area contributed by atoms with Gasteiger partial charge in [-0.1, -0.05) is 23.7 Å². The first-order valence-electron chi connectivity index (χ1n) is 6.64. The molecule has 0 spiro atoms. The lowest BCUT2D eigenvalue weighted by Gasteiger charge is -2.22. The summed E-state index contributed by atoms with van der Waals surface area (Å²) in [4.78, 5) is 1.94. The Morgan fingerprint density at radius 1 is 1.43 bits per heavy atom. The Kier molecular flexibility index (Phi) is 4.85. The van der Waals surface area contributed by atoms with Crippen LogP contribution in [0.5, 0.6) is 0 Å². The molecule has 0 radical (unpaired) electrons. The van der Waals surface area contributed by atoms with Crippen molar-refractivity contribution in [3.05, 3.63) is 46.2 Å². The monoisotopic (exact) mass is 322 g/mol. The molecule has 112 valence electrons. The molecule has 1 aromatic carbocycles. The summed E-state index contributed by atoms with van der Waals surface area (Å²) in [6.07, 6.45) is 1.64. The van der Waals surface area contributed by atoms with Crippen molar-refractivity contribution in [2.75, 3.05) is 12.4 Å². The van der Waals surface area contributed by atoms with Gasteiger partial charge in [0.1, 0.15) is 0 Å². The van der Waals surface area contributed by atoms with Crippen LogP contribution in [0.1, 0.15) is 16.8 Å². The van der Waals surface area contributed by atoms with E-state index >= 15 is 0 Å². The molecule has 0 fully saturated rings. The standard InChI is InChI=1S/C15H19ClN4S/c1-10-5-6-11(2)13(7-10)18-15(21)19(3)9-14-12(16)8-17-20(14)4/h5-8H,9H2,1-4H3,(H,18,21). The van der Waals surface area contributed by atoms with Crippen LogP contribution in [-0.4, -0.2) is 26.8 Å². The van der Waals surface area contributed by atoms with Gasteiger partial charge >= 0.3 is 0 Å². The lowest BCUT2D eigenvalue weighted by molar-refractivity contribution is 0.482. The van der Waals surface area contributed by atoms with E-state index in [1.54, 1.807) is 10.9 Å². The molecule has 1 aromatic heterocycles. The van der Waals surface area contributed by atoms with Gasteiger partial charge in [0.2, 0.25) is 0 Å². The van der Waals surface area contributed by atoms with Crippen LogP contribution >= 0.6 is 23.8 Å². The first-order valence-corrected chi connectivity index (χ1v) is 7.43. The average Bonchev–Trinajstić information content (AvgIpc) is 2.74.